The van der Waals surface area contributed by atoms with Gasteiger partial charge in [0.15, 0.2) is 8.32 Å². The first-order valence-electron chi connectivity index (χ1n) is 19.9. The van der Waals surface area contributed by atoms with Crippen LogP contribution in [0.3, 0.4) is 0 Å². The first kappa shape index (κ1) is 43.6. The van der Waals surface area contributed by atoms with Gasteiger partial charge in [0.25, 0.3) is 0 Å². The molecule has 264 valence electrons. The third kappa shape index (κ3) is 25.8. The van der Waals surface area contributed by atoms with Gasteiger partial charge in [0.2, 0.25) is 0 Å². The number of unbranched alkanes of at least 4 members (excludes halogenated alkanes) is 16. The van der Waals surface area contributed by atoms with Gasteiger partial charge >= 0.3 is 5.97 Å². The summed E-state index contributed by atoms with van der Waals surface area (Å²) in [5.74, 6) is 1.48. The van der Waals surface area contributed by atoms with E-state index in [4.69, 9.17) is 9.16 Å². The Morgan fingerprint density at radius 1 is 0.545 bits per heavy atom. The van der Waals surface area contributed by atoms with E-state index in [1.807, 2.05) is 0 Å². The van der Waals surface area contributed by atoms with Crippen LogP contribution in [-0.4, -0.2) is 27.5 Å². The van der Waals surface area contributed by atoms with E-state index in [2.05, 4.69) is 54.6 Å². The lowest BCUT2D eigenvalue weighted by molar-refractivity contribution is -0.144. The van der Waals surface area contributed by atoms with Gasteiger partial charge in [0.05, 0.1) is 6.61 Å². The fraction of sp³-hybridized carbons (Fsp3) is 0.975. The van der Waals surface area contributed by atoms with Gasteiger partial charge in [-0.25, -0.2) is 0 Å². The third-order valence-electron chi connectivity index (χ3n) is 10.4. The highest BCUT2D eigenvalue weighted by molar-refractivity contribution is 6.74. The summed E-state index contributed by atoms with van der Waals surface area (Å²) >= 11 is 0. The molecule has 0 aromatic rings. The summed E-state index contributed by atoms with van der Waals surface area (Å²) in [6.07, 6.45) is 33.3. The molecular formula is C40H82O3Si. The van der Waals surface area contributed by atoms with Crippen LogP contribution in [0, 0.1) is 11.8 Å². The van der Waals surface area contributed by atoms with E-state index in [0.717, 1.165) is 37.7 Å². The standard InChI is InChI=1S/C40H82O3Si/c1-9-12-15-16-17-18-21-26-31-38(36-43-44(7,8)40(4,5)6)32-27-22-19-20-23-28-33-39(41)42-35-34-37(29-24-13-10-2)30-25-14-11-3/h37-38H,9-36H2,1-8H3. The minimum Gasteiger partial charge on any atom is -0.466 e. The van der Waals surface area contributed by atoms with Crippen LogP contribution in [0.1, 0.15) is 208 Å². The zero-order valence-corrected chi connectivity index (χ0v) is 32.7. The smallest absolute Gasteiger partial charge is 0.305 e. The number of carbonyl (C=O) groups excluding carboxylic acids is 1. The lowest BCUT2D eigenvalue weighted by Gasteiger charge is -2.37. The fourth-order valence-corrected chi connectivity index (χ4v) is 7.13. The van der Waals surface area contributed by atoms with Gasteiger partial charge in [0.1, 0.15) is 0 Å². The van der Waals surface area contributed by atoms with Crippen molar-refractivity contribution in [1.29, 1.82) is 0 Å². The van der Waals surface area contributed by atoms with Gasteiger partial charge in [-0.15, -0.1) is 0 Å². The lowest BCUT2D eigenvalue weighted by atomic mass is 9.92. The molecule has 0 heterocycles. The normalized spacial score (nSPS) is 13.1. The van der Waals surface area contributed by atoms with Crippen LogP contribution in [0.25, 0.3) is 0 Å². The molecule has 0 fully saturated rings. The molecule has 0 aliphatic carbocycles. The van der Waals surface area contributed by atoms with Crippen molar-refractivity contribution in [2.75, 3.05) is 13.2 Å². The topological polar surface area (TPSA) is 35.5 Å². The van der Waals surface area contributed by atoms with Gasteiger partial charge in [-0.1, -0.05) is 176 Å². The summed E-state index contributed by atoms with van der Waals surface area (Å²) in [5, 5.41) is 0.285. The molecule has 0 amide bonds. The molecule has 44 heavy (non-hydrogen) atoms. The molecule has 0 bridgehead atoms. The van der Waals surface area contributed by atoms with Crippen molar-refractivity contribution < 1.29 is 14.0 Å². The Morgan fingerprint density at radius 3 is 1.41 bits per heavy atom. The highest BCUT2D eigenvalue weighted by Crippen LogP contribution is 2.37. The second kappa shape index (κ2) is 28.8. The summed E-state index contributed by atoms with van der Waals surface area (Å²) in [7, 11) is -1.69. The minimum absolute atomic E-state index is 0.0244. The largest absolute Gasteiger partial charge is 0.466 e. The maximum atomic E-state index is 12.3. The molecule has 0 saturated heterocycles. The van der Waals surface area contributed by atoms with Crippen LogP contribution in [0.2, 0.25) is 18.1 Å². The summed E-state index contributed by atoms with van der Waals surface area (Å²) < 4.78 is 12.3. The molecule has 0 N–H and O–H groups in total. The van der Waals surface area contributed by atoms with E-state index >= 15 is 0 Å². The highest BCUT2D eigenvalue weighted by atomic mass is 28.4. The second-order valence-corrected chi connectivity index (χ2v) is 20.5. The molecule has 4 heteroatoms. The van der Waals surface area contributed by atoms with Crippen molar-refractivity contribution in [3.8, 4) is 0 Å². The van der Waals surface area contributed by atoms with E-state index in [-0.39, 0.29) is 11.0 Å². The van der Waals surface area contributed by atoms with Gasteiger partial charge in [-0.3, -0.25) is 4.79 Å². The Balaban J connectivity index is 4.18. The number of rotatable bonds is 32. The third-order valence-corrected chi connectivity index (χ3v) is 14.9. The molecule has 0 aliphatic heterocycles. The van der Waals surface area contributed by atoms with Crippen LogP contribution in [-0.2, 0) is 14.0 Å². The van der Waals surface area contributed by atoms with E-state index in [9.17, 15) is 4.79 Å². The van der Waals surface area contributed by atoms with E-state index < -0.39 is 8.32 Å². The van der Waals surface area contributed by atoms with Crippen molar-refractivity contribution in [3.63, 3.8) is 0 Å². The number of ether oxygens (including phenoxy) is 1. The van der Waals surface area contributed by atoms with Crippen LogP contribution < -0.4 is 0 Å². The van der Waals surface area contributed by atoms with Crippen LogP contribution in [0.5, 0.6) is 0 Å². The Labute approximate surface area is 279 Å². The van der Waals surface area contributed by atoms with Gasteiger partial charge in [-0.2, -0.15) is 0 Å². The molecule has 1 unspecified atom stereocenters. The Bertz CT molecular complexity index is 617. The van der Waals surface area contributed by atoms with Crippen molar-refractivity contribution in [3.05, 3.63) is 0 Å². The summed E-state index contributed by atoms with van der Waals surface area (Å²) in [6, 6.07) is 0. The molecule has 0 rings (SSSR count). The summed E-state index contributed by atoms with van der Waals surface area (Å²) in [5.41, 5.74) is 0. The van der Waals surface area contributed by atoms with E-state index in [1.165, 1.54) is 141 Å². The van der Waals surface area contributed by atoms with E-state index in [1.54, 1.807) is 0 Å². The Hall–Kier alpha value is -0.353. The number of carbonyl (C=O) groups is 1. The molecule has 0 aromatic heterocycles. The maximum absolute atomic E-state index is 12.3. The van der Waals surface area contributed by atoms with Crippen molar-refractivity contribution in [2.45, 2.75) is 227 Å². The van der Waals surface area contributed by atoms with Gasteiger partial charge < -0.3 is 9.16 Å². The Morgan fingerprint density at radius 2 is 0.932 bits per heavy atom. The molecule has 0 aromatic carbocycles. The molecule has 0 radical (unpaired) electrons. The second-order valence-electron chi connectivity index (χ2n) is 15.7. The monoisotopic (exact) mass is 639 g/mol. The van der Waals surface area contributed by atoms with Crippen LogP contribution >= 0.6 is 0 Å². The highest BCUT2D eigenvalue weighted by Gasteiger charge is 2.37. The number of esters is 1. The lowest BCUT2D eigenvalue weighted by Crippen LogP contribution is -2.42. The first-order chi connectivity index (χ1) is 21.1. The average Bonchev–Trinajstić information content (AvgIpc) is 2.97. The van der Waals surface area contributed by atoms with Crippen LogP contribution in [0.15, 0.2) is 0 Å². The molecule has 3 nitrogen and oxygen atoms in total. The quantitative estimate of drug-likeness (QED) is 0.0418. The zero-order valence-electron chi connectivity index (χ0n) is 31.7. The SMILES string of the molecule is CCCCCCCCCCC(CCCCCCCCC(=O)OCCC(CCCCC)CCCCC)CO[Si](C)(C)C(C)(C)C. The minimum atomic E-state index is -1.69. The molecule has 0 saturated carbocycles. The molecule has 1 atom stereocenters. The average molecular weight is 639 g/mol. The van der Waals surface area contributed by atoms with Crippen molar-refractivity contribution >= 4 is 14.3 Å². The maximum Gasteiger partial charge on any atom is 0.305 e. The van der Waals surface area contributed by atoms with Gasteiger partial charge in [0, 0.05) is 13.0 Å². The summed E-state index contributed by atoms with van der Waals surface area (Å²) in [6.45, 7) is 20.3. The van der Waals surface area contributed by atoms with Gasteiger partial charge in [-0.05, 0) is 55.7 Å². The fourth-order valence-electron chi connectivity index (χ4n) is 6.04. The molecule has 0 aliphatic rings. The molecular weight excluding hydrogens is 557 g/mol. The van der Waals surface area contributed by atoms with Crippen molar-refractivity contribution in [1.82, 2.24) is 0 Å². The Kier molecular flexibility index (Phi) is 28.6. The van der Waals surface area contributed by atoms with Crippen molar-refractivity contribution in [2.24, 2.45) is 11.8 Å². The predicted octanol–water partition coefficient (Wildman–Crippen LogP) is 14.0. The predicted molar refractivity (Wildman–Crippen MR) is 198 cm³/mol. The first-order valence-corrected chi connectivity index (χ1v) is 22.8. The zero-order chi connectivity index (χ0) is 32.9. The van der Waals surface area contributed by atoms with Crippen LogP contribution in [0.4, 0.5) is 0 Å². The number of hydrogen-bond donors (Lipinski definition) is 0. The summed E-state index contributed by atoms with van der Waals surface area (Å²) in [4.78, 5) is 12.3. The number of hydrogen-bond acceptors (Lipinski definition) is 3. The van der Waals surface area contributed by atoms with E-state index in [0.29, 0.717) is 13.0 Å². The molecule has 0 spiro atoms.